The van der Waals surface area contributed by atoms with Crippen molar-refractivity contribution >= 4 is 0 Å². The molecule has 0 aliphatic carbocycles. The normalized spacial score (nSPS) is 10.6. The fourth-order valence-corrected chi connectivity index (χ4v) is 1.98. The molecule has 0 bridgehead atoms. The van der Waals surface area contributed by atoms with E-state index in [1.165, 1.54) is 9.13 Å². The summed E-state index contributed by atoms with van der Waals surface area (Å²) in [7, 11) is 3.11. The molecule has 0 aliphatic heterocycles. The van der Waals surface area contributed by atoms with Crippen LogP contribution in [0.4, 0.5) is 0 Å². The highest BCUT2D eigenvalue weighted by molar-refractivity contribution is 5.37. The van der Waals surface area contributed by atoms with Gasteiger partial charge < -0.3 is 19.6 Å². The van der Waals surface area contributed by atoms with Crippen LogP contribution < -0.4 is 21.6 Å². The van der Waals surface area contributed by atoms with E-state index in [2.05, 4.69) is 0 Å². The van der Waals surface area contributed by atoms with E-state index in [4.69, 9.17) is 10.5 Å². The van der Waals surface area contributed by atoms with Crippen LogP contribution in [0.1, 0.15) is 11.1 Å². The zero-order valence-electron chi connectivity index (χ0n) is 11.5. The van der Waals surface area contributed by atoms with Crippen LogP contribution in [0.5, 0.6) is 5.75 Å². The molecule has 0 fully saturated rings. The zero-order valence-corrected chi connectivity index (χ0v) is 11.5. The summed E-state index contributed by atoms with van der Waals surface area (Å²) in [5, 5.41) is 0. The molecule has 6 nitrogen and oxygen atoms in total. The standard InChI is InChI=1S/C14H17N3O3/c1-16-5-6-17(14(19)13(16)18)9-11-7-10(8-15)3-4-12(11)20-2/h3-7H,8-9,15H2,1-2H3. The summed E-state index contributed by atoms with van der Waals surface area (Å²) in [5.41, 5.74) is 6.25. The van der Waals surface area contributed by atoms with Gasteiger partial charge in [0.25, 0.3) is 0 Å². The van der Waals surface area contributed by atoms with Crippen LogP contribution in [0.15, 0.2) is 40.2 Å². The molecule has 0 saturated heterocycles. The number of ether oxygens (including phenoxy) is 1. The van der Waals surface area contributed by atoms with Crippen LogP contribution in [-0.4, -0.2) is 16.2 Å². The van der Waals surface area contributed by atoms with Crippen LogP contribution in [0.25, 0.3) is 0 Å². The lowest BCUT2D eigenvalue weighted by atomic mass is 10.1. The lowest BCUT2D eigenvalue weighted by molar-refractivity contribution is 0.407. The average molecular weight is 275 g/mol. The molecule has 0 saturated carbocycles. The molecule has 0 radical (unpaired) electrons. The summed E-state index contributed by atoms with van der Waals surface area (Å²) in [5.74, 6) is 0.662. The highest BCUT2D eigenvalue weighted by Crippen LogP contribution is 2.20. The predicted molar refractivity (Wildman–Crippen MR) is 75.9 cm³/mol. The minimum Gasteiger partial charge on any atom is -0.496 e. The van der Waals surface area contributed by atoms with Gasteiger partial charge in [0.15, 0.2) is 0 Å². The van der Waals surface area contributed by atoms with Crippen molar-refractivity contribution in [3.63, 3.8) is 0 Å². The molecule has 0 aliphatic rings. The number of nitrogens with two attached hydrogens (primary N) is 1. The Balaban J connectivity index is 2.47. The largest absolute Gasteiger partial charge is 0.496 e. The number of nitrogens with zero attached hydrogens (tertiary/aromatic N) is 2. The SMILES string of the molecule is COc1ccc(CN)cc1Cn1ccn(C)c(=O)c1=O. The molecule has 0 unspecified atom stereocenters. The summed E-state index contributed by atoms with van der Waals surface area (Å²) >= 11 is 0. The number of hydrogen-bond acceptors (Lipinski definition) is 4. The number of methoxy groups -OCH3 is 1. The Morgan fingerprint density at radius 2 is 1.95 bits per heavy atom. The van der Waals surface area contributed by atoms with E-state index in [1.807, 2.05) is 18.2 Å². The monoisotopic (exact) mass is 275 g/mol. The van der Waals surface area contributed by atoms with Gasteiger partial charge in [-0.05, 0) is 17.7 Å². The molecule has 1 heterocycles. The number of aromatic nitrogens is 2. The van der Waals surface area contributed by atoms with Crippen molar-refractivity contribution in [2.75, 3.05) is 7.11 Å². The third-order valence-corrected chi connectivity index (χ3v) is 3.16. The lowest BCUT2D eigenvalue weighted by Crippen LogP contribution is -2.39. The molecule has 0 amide bonds. The van der Waals surface area contributed by atoms with Crippen LogP contribution >= 0.6 is 0 Å². The van der Waals surface area contributed by atoms with Gasteiger partial charge in [-0.25, -0.2) is 0 Å². The molecule has 2 N–H and O–H groups in total. The summed E-state index contributed by atoms with van der Waals surface area (Å²) in [4.78, 5) is 23.5. The van der Waals surface area contributed by atoms with Crippen molar-refractivity contribution in [3.05, 3.63) is 62.4 Å². The second-order valence-corrected chi connectivity index (χ2v) is 4.50. The fourth-order valence-electron chi connectivity index (χ4n) is 1.98. The first-order chi connectivity index (χ1) is 9.56. The third-order valence-electron chi connectivity index (χ3n) is 3.16. The van der Waals surface area contributed by atoms with Crippen molar-refractivity contribution in [2.45, 2.75) is 13.1 Å². The zero-order chi connectivity index (χ0) is 14.7. The predicted octanol–water partition coefficient (Wildman–Crippen LogP) is 0.0626. The van der Waals surface area contributed by atoms with E-state index in [-0.39, 0.29) is 6.54 Å². The van der Waals surface area contributed by atoms with E-state index < -0.39 is 11.1 Å². The van der Waals surface area contributed by atoms with Gasteiger partial charge in [0.1, 0.15) is 5.75 Å². The Bertz CT molecular complexity index is 731. The molecule has 0 spiro atoms. The lowest BCUT2D eigenvalue weighted by Gasteiger charge is -2.12. The van der Waals surface area contributed by atoms with Crippen molar-refractivity contribution < 1.29 is 4.74 Å². The van der Waals surface area contributed by atoms with Crippen molar-refractivity contribution in [1.29, 1.82) is 0 Å². The number of benzene rings is 1. The number of hydrogen-bond donors (Lipinski definition) is 1. The van der Waals surface area contributed by atoms with Crippen LogP contribution in [-0.2, 0) is 20.1 Å². The molecule has 1 aromatic carbocycles. The van der Waals surface area contributed by atoms with Gasteiger partial charge in [-0.2, -0.15) is 0 Å². The summed E-state index contributed by atoms with van der Waals surface area (Å²) < 4.78 is 7.89. The first kappa shape index (κ1) is 14.1. The summed E-state index contributed by atoms with van der Waals surface area (Å²) in [6.45, 7) is 0.675. The van der Waals surface area contributed by atoms with E-state index in [9.17, 15) is 9.59 Å². The van der Waals surface area contributed by atoms with Crippen molar-refractivity contribution in [2.24, 2.45) is 12.8 Å². The minimum absolute atomic E-state index is 0.270. The Morgan fingerprint density at radius 3 is 2.60 bits per heavy atom. The van der Waals surface area contributed by atoms with Crippen LogP contribution in [0, 0.1) is 0 Å². The maximum atomic E-state index is 11.9. The van der Waals surface area contributed by atoms with Crippen LogP contribution in [0.3, 0.4) is 0 Å². The minimum atomic E-state index is -0.560. The molecular weight excluding hydrogens is 258 g/mol. The quantitative estimate of drug-likeness (QED) is 0.800. The summed E-state index contributed by atoms with van der Waals surface area (Å²) in [6.07, 6.45) is 3.14. The van der Waals surface area contributed by atoms with Gasteiger partial charge in [0.2, 0.25) is 0 Å². The Morgan fingerprint density at radius 1 is 1.20 bits per heavy atom. The molecule has 20 heavy (non-hydrogen) atoms. The van der Waals surface area contributed by atoms with Crippen LogP contribution in [0.2, 0.25) is 0 Å². The van der Waals surface area contributed by atoms with Gasteiger partial charge in [-0.15, -0.1) is 0 Å². The van der Waals surface area contributed by atoms with Gasteiger partial charge in [0, 0.05) is 31.5 Å². The second-order valence-electron chi connectivity index (χ2n) is 4.50. The number of rotatable bonds is 4. The fraction of sp³-hybridized carbons (Fsp3) is 0.286. The van der Waals surface area contributed by atoms with E-state index in [1.54, 1.807) is 26.6 Å². The van der Waals surface area contributed by atoms with Gasteiger partial charge in [-0.1, -0.05) is 6.07 Å². The molecule has 0 atom stereocenters. The maximum Gasteiger partial charge on any atom is 0.316 e. The maximum absolute atomic E-state index is 11.9. The first-order valence-electron chi connectivity index (χ1n) is 6.18. The highest BCUT2D eigenvalue weighted by atomic mass is 16.5. The molecule has 106 valence electrons. The molecule has 1 aromatic heterocycles. The van der Waals surface area contributed by atoms with E-state index in [0.717, 1.165) is 11.1 Å². The smallest absolute Gasteiger partial charge is 0.316 e. The van der Waals surface area contributed by atoms with E-state index >= 15 is 0 Å². The average Bonchev–Trinajstić information content (AvgIpc) is 2.47. The molecule has 6 heteroatoms. The first-order valence-corrected chi connectivity index (χ1v) is 6.18. The molecule has 2 aromatic rings. The Hall–Kier alpha value is -2.34. The van der Waals surface area contributed by atoms with E-state index in [0.29, 0.717) is 12.3 Å². The molecular formula is C14H17N3O3. The summed E-state index contributed by atoms with van der Waals surface area (Å²) in [6, 6.07) is 5.56. The number of aryl methyl sites for hydroxylation is 1. The van der Waals surface area contributed by atoms with Gasteiger partial charge in [-0.3, -0.25) is 9.59 Å². The van der Waals surface area contributed by atoms with Gasteiger partial charge in [0.05, 0.1) is 13.7 Å². The Labute approximate surface area is 116 Å². The van der Waals surface area contributed by atoms with Crippen molar-refractivity contribution in [3.8, 4) is 5.75 Å². The second kappa shape index (κ2) is 5.75. The van der Waals surface area contributed by atoms with Crippen molar-refractivity contribution in [1.82, 2.24) is 9.13 Å². The topological polar surface area (TPSA) is 79.2 Å². The Kier molecular flexibility index (Phi) is 4.05. The van der Waals surface area contributed by atoms with Gasteiger partial charge >= 0.3 is 11.1 Å². The molecule has 2 rings (SSSR count). The third kappa shape index (κ3) is 2.65. The highest BCUT2D eigenvalue weighted by Gasteiger charge is 2.08.